The van der Waals surface area contributed by atoms with Gasteiger partial charge >= 0.3 is 0 Å². The van der Waals surface area contributed by atoms with Crippen LogP contribution in [0.25, 0.3) is 11.4 Å². The fraction of sp³-hybridized carbons (Fsp3) is 0.400. The molecule has 0 atom stereocenters. The van der Waals surface area contributed by atoms with Crippen LogP contribution in [0.4, 0.5) is 0 Å². The number of aryl methyl sites for hydroxylation is 2. The second-order valence-electron chi connectivity index (χ2n) is 4.90. The van der Waals surface area contributed by atoms with Crippen LogP contribution in [0.1, 0.15) is 24.2 Å². The molecule has 3 rings (SSSR count). The van der Waals surface area contributed by atoms with Gasteiger partial charge in [0.1, 0.15) is 12.4 Å². The number of hydrogen-bond acceptors (Lipinski definition) is 5. The molecule has 1 aliphatic carbocycles. The van der Waals surface area contributed by atoms with Gasteiger partial charge in [-0.1, -0.05) is 12.1 Å². The molecule has 0 saturated carbocycles. The van der Waals surface area contributed by atoms with E-state index in [0.717, 1.165) is 35.5 Å². The number of hydrogen-bond donors (Lipinski definition) is 1. The van der Waals surface area contributed by atoms with E-state index in [2.05, 4.69) is 15.2 Å². The Labute approximate surface area is 118 Å². The standard InChI is InChI=1S/C15H18N4O/c16-8-9-20-12-5-3-4-11(10-12)15-17-13-6-1-2-7-14(13)18-19-15/h3-5,10H,1-2,6-9,16H2. The number of aromatic nitrogens is 3. The van der Waals surface area contributed by atoms with E-state index in [1.54, 1.807) is 0 Å². The van der Waals surface area contributed by atoms with Crippen molar-refractivity contribution in [3.8, 4) is 17.1 Å². The van der Waals surface area contributed by atoms with Gasteiger partial charge in [-0.3, -0.25) is 0 Å². The van der Waals surface area contributed by atoms with Crippen molar-refractivity contribution in [1.29, 1.82) is 0 Å². The highest BCUT2D eigenvalue weighted by Crippen LogP contribution is 2.23. The van der Waals surface area contributed by atoms with Crippen molar-refractivity contribution < 1.29 is 4.74 Å². The normalized spacial score (nSPS) is 13.8. The van der Waals surface area contributed by atoms with Crippen molar-refractivity contribution in [2.24, 2.45) is 5.73 Å². The zero-order chi connectivity index (χ0) is 13.8. The van der Waals surface area contributed by atoms with Gasteiger partial charge < -0.3 is 10.5 Å². The lowest BCUT2D eigenvalue weighted by Crippen LogP contribution is -2.11. The number of fused-ring (bicyclic) bond motifs is 1. The molecule has 1 aliphatic rings. The molecule has 0 aliphatic heterocycles. The largest absolute Gasteiger partial charge is 0.492 e. The summed E-state index contributed by atoms with van der Waals surface area (Å²) in [5.41, 5.74) is 8.52. The van der Waals surface area contributed by atoms with E-state index in [-0.39, 0.29) is 0 Å². The van der Waals surface area contributed by atoms with Gasteiger partial charge in [0.2, 0.25) is 0 Å². The van der Waals surface area contributed by atoms with Crippen LogP contribution in [0.3, 0.4) is 0 Å². The van der Waals surface area contributed by atoms with Crippen LogP contribution in [-0.4, -0.2) is 28.3 Å². The van der Waals surface area contributed by atoms with Crippen molar-refractivity contribution in [2.45, 2.75) is 25.7 Å². The van der Waals surface area contributed by atoms with Gasteiger partial charge in [0.25, 0.3) is 0 Å². The summed E-state index contributed by atoms with van der Waals surface area (Å²) in [6, 6.07) is 7.75. The molecule has 5 heteroatoms. The summed E-state index contributed by atoms with van der Waals surface area (Å²) in [7, 11) is 0. The Kier molecular flexibility index (Phi) is 3.87. The maximum Gasteiger partial charge on any atom is 0.182 e. The van der Waals surface area contributed by atoms with Crippen LogP contribution in [0.2, 0.25) is 0 Å². The zero-order valence-corrected chi connectivity index (χ0v) is 11.4. The highest BCUT2D eigenvalue weighted by molar-refractivity contribution is 5.57. The number of nitrogens with zero attached hydrogens (tertiary/aromatic N) is 3. The third-order valence-corrected chi connectivity index (χ3v) is 3.40. The van der Waals surface area contributed by atoms with Gasteiger partial charge in [-0.25, -0.2) is 4.98 Å². The summed E-state index contributed by atoms with van der Waals surface area (Å²) in [5, 5.41) is 8.56. The molecule has 0 radical (unpaired) electrons. The Bertz CT molecular complexity index is 600. The fourth-order valence-corrected chi connectivity index (χ4v) is 2.38. The van der Waals surface area contributed by atoms with Gasteiger partial charge in [-0.15, -0.1) is 5.10 Å². The minimum Gasteiger partial charge on any atom is -0.492 e. The van der Waals surface area contributed by atoms with Crippen LogP contribution in [0.5, 0.6) is 5.75 Å². The van der Waals surface area contributed by atoms with Gasteiger partial charge in [-0.2, -0.15) is 5.10 Å². The van der Waals surface area contributed by atoms with Gasteiger partial charge in [0.15, 0.2) is 5.82 Å². The predicted octanol–water partition coefficient (Wildman–Crippen LogP) is 1.75. The molecule has 0 fully saturated rings. The van der Waals surface area contributed by atoms with Crippen molar-refractivity contribution in [1.82, 2.24) is 15.2 Å². The topological polar surface area (TPSA) is 73.9 Å². The molecular weight excluding hydrogens is 252 g/mol. The number of benzene rings is 1. The van der Waals surface area contributed by atoms with E-state index in [1.165, 1.54) is 12.8 Å². The molecule has 20 heavy (non-hydrogen) atoms. The SMILES string of the molecule is NCCOc1cccc(-c2nnc3c(n2)CCCC3)c1. The first kappa shape index (κ1) is 13.0. The van der Waals surface area contributed by atoms with Crippen LogP contribution in [0.15, 0.2) is 24.3 Å². The summed E-state index contributed by atoms with van der Waals surface area (Å²) in [6.45, 7) is 1.01. The quantitative estimate of drug-likeness (QED) is 0.916. The molecule has 0 spiro atoms. The summed E-state index contributed by atoms with van der Waals surface area (Å²) in [5.74, 6) is 1.46. The Morgan fingerprint density at radius 1 is 1.10 bits per heavy atom. The summed E-state index contributed by atoms with van der Waals surface area (Å²) >= 11 is 0. The van der Waals surface area contributed by atoms with Crippen LogP contribution >= 0.6 is 0 Å². The van der Waals surface area contributed by atoms with Crippen molar-refractivity contribution in [3.05, 3.63) is 35.7 Å². The Balaban J connectivity index is 1.88. The number of nitrogens with two attached hydrogens (primary N) is 1. The molecule has 0 unspecified atom stereocenters. The molecule has 5 nitrogen and oxygen atoms in total. The third-order valence-electron chi connectivity index (χ3n) is 3.40. The lowest BCUT2D eigenvalue weighted by Gasteiger charge is -2.13. The highest BCUT2D eigenvalue weighted by Gasteiger charge is 2.14. The minimum absolute atomic E-state index is 0.501. The predicted molar refractivity (Wildman–Crippen MR) is 76.5 cm³/mol. The molecule has 1 heterocycles. The van der Waals surface area contributed by atoms with Crippen molar-refractivity contribution >= 4 is 0 Å². The van der Waals surface area contributed by atoms with E-state index in [1.807, 2.05) is 24.3 Å². The van der Waals surface area contributed by atoms with E-state index < -0.39 is 0 Å². The molecule has 104 valence electrons. The number of rotatable bonds is 4. The number of ether oxygens (including phenoxy) is 1. The third kappa shape index (κ3) is 2.77. The van der Waals surface area contributed by atoms with Crippen LogP contribution < -0.4 is 10.5 Å². The highest BCUT2D eigenvalue weighted by atomic mass is 16.5. The maximum atomic E-state index is 5.53. The molecular formula is C15H18N4O. The summed E-state index contributed by atoms with van der Waals surface area (Å²) in [4.78, 5) is 4.65. The van der Waals surface area contributed by atoms with Crippen molar-refractivity contribution in [2.75, 3.05) is 13.2 Å². The smallest absolute Gasteiger partial charge is 0.182 e. The zero-order valence-electron chi connectivity index (χ0n) is 11.4. The molecule has 2 aromatic rings. The Hall–Kier alpha value is -2.01. The van der Waals surface area contributed by atoms with Gasteiger partial charge in [-0.05, 0) is 37.8 Å². The summed E-state index contributed by atoms with van der Waals surface area (Å²) in [6.07, 6.45) is 4.37. The Morgan fingerprint density at radius 2 is 1.95 bits per heavy atom. The van der Waals surface area contributed by atoms with Crippen LogP contribution in [0, 0.1) is 0 Å². The average Bonchev–Trinajstić information content (AvgIpc) is 2.53. The average molecular weight is 270 g/mol. The first-order chi connectivity index (χ1) is 9.86. The molecule has 2 N–H and O–H groups in total. The molecule has 1 aromatic carbocycles. The molecule has 0 saturated heterocycles. The second-order valence-corrected chi connectivity index (χ2v) is 4.90. The Morgan fingerprint density at radius 3 is 2.80 bits per heavy atom. The van der Waals surface area contributed by atoms with E-state index in [4.69, 9.17) is 10.5 Å². The van der Waals surface area contributed by atoms with Gasteiger partial charge in [0.05, 0.1) is 11.4 Å². The molecule has 1 aromatic heterocycles. The monoisotopic (exact) mass is 270 g/mol. The first-order valence-electron chi connectivity index (χ1n) is 7.02. The maximum absolute atomic E-state index is 5.53. The van der Waals surface area contributed by atoms with E-state index in [9.17, 15) is 0 Å². The lowest BCUT2D eigenvalue weighted by molar-refractivity contribution is 0.328. The molecule has 0 amide bonds. The van der Waals surface area contributed by atoms with E-state index in [0.29, 0.717) is 19.0 Å². The fourth-order valence-electron chi connectivity index (χ4n) is 2.38. The van der Waals surface area contributed by atoms with Crippen molar-refractivity contribution in [3.63, 3.8) is 0 Å². The summed E-state index contributed by atoms with van der Waals surface area (Å²) < 4.78 is 5.53. The second kappa shape index (κ2) is 5.96. The lowest BCUT2D eigenvalue weighted by atomic mass is 10.0. The van der Waals surface area contributed by atoms with E-state index >= 15 is 0 Å². The molecule has 0 bridgehead atoms. The first-order valence-corrected chi connectivity index (χ1v) is 7.02. The minimum atomic E-state index is 0.501. The van der Waals surface area contributed by atoms with Gasteiger partial charge in [0, 0.05) is 12.1 Å². The van der Waals surface area contributed by atoms with Crippen LogP contribution in [-0.2, 0) is 12.8 Å².